The van der Waals surface area contributed by atoms with Crippen LogP contribution in [0.15, 0.2) is 30.6 Å². The normalized spacial score (nSPS) is 36.9. The van der Waals surface area contributed by atoms with Gasteiger partial charge in [0.25, 0.3) is 5.67 Å². The molecule has 0 aliphatic carbocycles. The number of nitrogens with one attached hydrogen (secondary N) is 1. The summed E-state index contributed by atoms with van der Waals surface area (Å²) in [5, 5.41) is 23.4. The van der Waals surface area contributed by atoms with Gasteiger partial charge in [-0.25, -0.2) is 14.0 Å². The summed E-state index contributed by atoms with van der Waals surface area (Å²) in [5.41, 5.74) is -4.32. The molecule has 2 aromatic rings. The van der Waals surface area contributed by atoms with Crippen LogP contribution in [0.1, 0.15) is 87.0 Å². The number of esters is 1. The Morgan fingerprint density at radius 3 is 2.47 bits per heavy atom. The van der Waals surface area contributed by atoms with Gasteiger partial charge in [0.2, 0.25) is 0 Å². The van der Waals surface area contributed by atoms with Gasteiger partial charge >= 0.3 is 12.1 Å². The van der Waals surface area contributed by atoms with E-state index in [9.17, 15) is 19.5 Å². The van der Waals surface area contributed by atoms with Gasteiger partial charge in [0.1, 0.15) is 17.9 Å². The number of pyridine rings is 1. The van der Waals surface area contributed by atoms with Crippen molar-refractivity contribution in [2.45, 2.75) is 159 Å². The van der Waals surface area contributed by atoms with Crippen molar-refractivity contribution in [3.8, 4) is 11.4 Å². The Balaban J connectivity index is 1.38. The molecule has 0 radical (unpaired) electrons. The Bertz CT molecular complexity index is 1700. The highest BCUT2D eigenvalue weighted by molar-refractivity contribution is 6.07. The Labute approximate surface area is 341 Å². The molecule has 2 N–H and O–H groups in total. The van der Waals surface area contributed by atoms with E-state index < -0.39 is 71.8 Å². The number of ether oxygens (including phenoxy) is 5. The molecule has 3 aliphatic heterocycles. The molecular formula is C41H64FN7O9. The second-order valence-corrected chi connectivity index (χ2v) is 17.1. The molecule has 324 valence electrons. The van der Waals surface area contributed by atoms with Crippen molar-refractivity contribution in [3.63, 3.8) is 0 Å². The minimum Gasteiger partial charge on any atom is -0.455 e. The van der Waals surface area contributed by atoms with E-state index in [0.29, 0.717) is 51.0 Å². The number of hydrogen-bond acceptors (Lipinski definition) is 14. The van der Waals surface area contributed by atoms with Crippen LogP contribution in [0.3, 0.4) is 0 Å². The first-order chi connectivity index (χ1) is 27.3. The van der Waals surface area contributed by atoms with Crippen molar-refractivity contribution in [3.05, 3.63) is 30.6 Å². The third kappa shape index (κ3) is 9.87. The second-order valence-electron chi connectivity index (χ2n) is 17.1. The number of aliphatic hydroxyl groups is 1. The number of amides is 1. The minimum atomic E-state index is -3.10. The number of Topliss-reactive ketones (excluding diaryl/α,β-unsaturated/α-hetero) is 1. The molecule has 12 atom stereocenters. The molecule has 0 spiro atoms. The highest BCUT2D eigenvalue weighted by Gasteiger charge is 2.59. The second kappa shape index (κ2) is 18.8. The Morgan fingerprint density at radius 2 is 1.81 bits per heavy atom. The number of alkyl halides is 1. The Morgan fingerprint density at radius 1 is 1.09 bits per heavy atom. The maximum Gasteiger partial charge on any atom is 0.410 e. The molecule has 17 heteroatoms. The molecule has 3 fully saturated rings. The van der Waals surface area contributed by atoms with Crippen molar-refractivity contribution < 1.29 is 47.6 Å². The lowest BCUT2D eigenvalue weighted by molar-refractivity contribution is -0.289. The summed E-state index contributed by atoms with van der Waals surface area (Å²) in [4.78, 5) is 49.4. The van der Waals surface area contributed by atoms with E-state index >= 15 is 4.39 Å². The number of rotatable bonds is 11. The molecule has 1 amide bonds. The zero-order chi connectivity index (χ0) is 42.6. The average molecular weight is 818 g/mol. The van der Waals surface area contributed by atoms with Gasteiger partial charge in [0.05, 0.1) is 35.7 Å². The van der Waals surface area contributed by atoms with E-state index in [4.69, 9.17) is 23.7 Å². The van der Waals surface area contributed by atoms with Gasteiger partial charge in [-0.3, -0.25) is 19.4 Å². The predicted molar refractivity (Wildman–Crippen MR) is 211 cm³/mol. The van der Waals surface area contributed by atoms with Gasteiger partial charge < -0.3 is 39.0 Å². The Hall–Kier alpha value is -3.61. The molecule has 2 aromatic heterocycles. The van der Waals surface area contributed by atoms with Crippen LogP contribution >= 0.6 is 0 Å². The van der Waals surface area contributed by atoms with Gasteiger partial charge in [0, 0.05) is 44.9 Å². The van der Waals surface area contributed by atoms with E-state index in [-0.39, 0.29) is 30.5 Å². The summed E-state index contributed by atoms with van der Waals surface area (Å²) in [6.45, 7) is 13.3. The fraction of sp³-hybridized carbons (Fsp3) is 0.756. The minimum absolute atomic E-state index is 0.0997. The monoisotopic (exact) mass is 817 g/mol. The summed E-state index contributed by atoms with van der Waals surface area (Å²) in [6.07, 6.45) is -0.0233. The number of likely N-dealkylation sites (N-methyl/N-ethyl adjacent to an activating group) is 1. The van der Waals surface area contributed by atoms with Crippen molar-refractivity contribution in [2.24, 2.45) is 5.92 Å². The van der Waals surface area contributed by atoms with Crippen LogP contribution in [0.5, 0.6) is 0 Å². The molecule has 0 saturated carbocycles. The van der Waals surface area contributed by atoms with Crippen LogP contribution in [0.25, 0.3) is 11.4 Å². The van der Waals surface area contributed by atoms with E-state index in [0.717, 1.165) is 12.6 Å². The van der Waals surface area contributed by atoms with Gasteiger partial charge in [-0.2, -0.15) is 0 Å². The molecule has 3 aliphatic rings. The fourth-order valence-corrected chi connectivity index (χ4v) is 8.73. The smallest absolute Gasteiger partial charge is 0.410 e. The number of carbonyl (C=O) groups excluding carboxylic acids is 3. The first-order valence-electron chi connectivity index (χ1n) is 20.5. The van der Waals surface area contributed by atoms with Crippen LogP contribution in [0.2, 0.25) is 0 Å². The van der Waals surface area contributed by atoms with Gasteiger partial charge in [-0.05, 0) is 105 Å². The highest BCUT2D eigenvalue weighted by Crippen LogP contribution is 2.40. The van der Waals surface area contributed by atoms with Crippen molar-refractivity contribution in [1.82, 2.24) is 35.1 Å². The first-order valence-corrected chi connectivity index (χ1v) is 20.5. The maximum absolute atomic E-state index is 16.7. The molecule has 0 aromatic carbocycles. The third-order valence-electron chi connectivity index (χ3n) is 12.2. The van der Waals surface area contributed by atoms with Gasteiger partial charge in [-0.15, -0.1) is 5.10 Å². The zero-order valence-corrected chi connectivity index (χ0v) is 35.7. The van der Waals surface area contributed by atoms with Crippen molar-refractivity contribution in [1.29, 1.82) is 0 Å². The topological polar surface area (TPSA) is 180 Å². The summed E-state index contributed by atoms with van der Waals surface area (Å²) < 4.78 is 49.0. The number of hydrogen-bond donors (Lipinski definition) is 2. The van der Waals surface area contributed by atoms with E-state index in [1.807, 2.05) is 64.2 Å². The van der Waals surface area contributed by atoms with Crippen LogP contribution in [0.4, 0.5) is 9.18 Å². The molecule has 5 rings (SSSR count). The zero-order valence-electron chi connectivity index (χ0n) is 35.7. The van der Waals surface area contributed by atoms with E-state index in [1.165, 1.54) is 7.11 Å². The summed E-state index contributed by atoms with van der Waals surface area (Å²) >= 11 is 0. The molecule has 16 nitrogen and oxygen atoms in total. The standard InChI is InChI=1S/C41H64FN7O9/c1-11-32-41(7)35(49(38(53)58-41)19-15-14-18-48-24-29(45-46-48)28-16-12-13-17-43-28)27(4)44-23-25(2)22-39(5,54-10)33(21-31(50)40(6,42)37(52)57-32)56-36-34(51)30(47(8)9)20-26(3)55-36/h12-13,16-17,24-27,30,32-36,44,51H,11,14-15,18-23H2,1-10H3/t25-,26?,27-,30?,32-,33-,34?,35-,36+,39-,40-,41-/m1/s1. The first kappa shape index (κ1) is 45.5. The number of ketones is 1. The quantitative estimate of drug-likeness (QED) is 0.189. The van der Waals surface area contributed by atoms with Gasteiger partial charge in [0.15, 0.2) is 17.7 Å². The molecule has 5 heterocycles. The predicted octanol–water partition coefficient (Wildman–Crippen LogP) is 3.94. The molecule has 3 saturated heterocycles. The van der Waals surface area contributed by atoms with Crippen LogP contribution in [-0.2, 0) is 39.8 Å². The number of nitrogens with zero attached hydrogens (tertiary/aromatic N) is 6. The highest BCUT2D eigenvalue weighted by atomic mass is 19.1. The van der Waals surface area contributed by atoms with Crippen molar-refractivity contribution >= 4 is 17.8 Å². The molecule has 3 unspecified atom stereocenters. The number of fused-ring (bicyclic) bond motifs is 1. The van der Waals surface area contributed by atoms with Crippen molar-refractivity contribution in [2.75, 3.05) is 34.3 Å². The third-order valence-corrected chi connectivity index (χ3v) is 12.2. The lowest BCUT2D eigenvalue weighted by atomic mass is 9.83. The molecule has 0 bridgehead atoms. The fourth-order valence-electron chi connectivity index (χ4n) is 8.73. The average Bonchev–Trinajstić information content (AvgIpc) is 3.76. The summed E-state index contributed by atoms with van der Waals surface area (Å²) in [5.74, 6) is -2.57. The van der Waals surface area contributed by atoms with Crippen LogP contribution in [-0.4, -0.2) is 153 Å². The van der Waals surface area contributed by atoms with E-state index in [1.54, 1.807) is 36.5 Å². The number of cyclic esters (lactones) is 1. The largest absolute Gasteiger partial charge is 0.455 e. The number of unbranched alkanes of at least 4 members (excludes halogenated alkanes) is 1. The summed E-state index contributed by atoms with van der Waals surface area (Å²) in [7, 11) is 5.19. The van der Waals surface area contributed by atoms with Gasteiger partial charge in [-0.1, -0.05) is 25.1 Å². The molecular weight excluding hydrogens is 753 g/mol. The van der Waals surface area contributed by atoms with Crippen LogP contribution < -0.4 is 5.32 Å². The SMILES string of the molecule is CC[C@H]1OC(=O)[C@](C)(F)C(=O)C[C@@H](O[C@@H]2OC(C)CC(N(C)C)C2O)[C@](C)(OC)C[C@@H](C)CN[C@H](C)[C@H]2N(CCCCn3cc(-c4ccccn4)nn3)C(=O)O[C@]12C. The lowest BCUT2D eigenvalue weighted by Gasteiger charge is -2.45. The number of carbonyl (C=O) groups is 3. The number of aryl methyl sites for hydroxylation is 1. The number of halogens is 1. The van der Waals surface area contributed by atoms with E-state index in [2.05, 4.69) is 20.6 Å². The lowest BCUT2D eigenvalue weighted by Crippen LogP contribution is -2.61. The van der Waals surface area contributed by atoms with Crippen LogP contribution in [0, 0.1) is 5.92 Å². The Kier molecular flexibility index (Phi) is 14.7. The number of aromatic nitrogens is 4. The number of methoxy groups -OCH3 is 1. The summed E-state index contributed by atoms with van der Waals surface area (Å²) in [6, 6.07) is 4.26. The molecule has 58 heavy (non-hydrogen) atoms. The number of aliphatic hydroxyl groups excluding tert-OH is 1. The maximum atomic E-state index is 16.7.